The van der Waals surface area contributed by atoms with E-state index in [2.05, 4.69) is 37.8 Å². The van der Waals surface area contributed by atoms with Crippen molar-refractivity contribution in [3.05, 3.63) is 64.8 Å². The van der Waals surface area contributed by atoms with Crippen LogP contribution in [0.4, 0.5) is 31.9 Å². The maximum atomic E-state index is 15.0. The maximum Gasteiger partial charge on any atom is 0.342 e. The summed E-state index contributed by atoms with van der Waals surface area (Å²) in [5.74, 6) is -1.04. The molecule has 3 N–H and O–H groups in total. The van der Waals surface area contributed by atoms with Crippen molar-refractivity contribution >= 4 is 64.5 Å². The number of hydrogen-bond acceptors (Lipinski definition) is 12. The third-order valence-electron chi connectivity index (χ3n) is 12.4. The number of methoxy groups -OCH3 is 1. The number of carbonyl (C=O) groups is 7. The number of unbranched alkanes of at least 4 members (excludes halogenated alkanes) is 1. The first-order valence-electron chi connectivity index (χ1n) is 21.4. The number of benzene rings is 2. The number of hydrogen-bond donors (Lipinski definition) is 3. The lowest BCUT2D eigenvalue weighted by molar-refractivity contribution is -0.140. The molecular formula is C45H47F2N9O8. The number of carbonyl (C=O) groups excluding carboxylic acids is 7. The van der Waals surface area contributed by atoms with E-state index in [1.165, 1.54) is 31.3 Å². The van der Waals surface area contributed by atoms with E-state index in [-0.39, 0.29) is 71.7 Å². The molecular weight excluding hydrogens is 833 g/mol. The van der Waals surface area contributed by atoms with Crippen LogP contribution in [0.1, 0.15) is 107 Å². The predicted molar refractivity (Wildman–Crippen MR) is 227 cm³/mol. The van der Waals surface area contributed by atoms with Gasteiger partial charge in [0.2, 0.25) is 23.7 Å². The standard InChI is InChI=1S/C45H47F2N9O8/c1-53-33-24-48-44(52-38(33)55(29-11-6-7-12-29)25-45(46,47)43(53)63)50-31-16-15-27(23-34(31)64-2)39(59)49-28-19-21-54(22-20-28)36(58)14-5-3-4-9-26-10-8-13-30-37(26)42(62)56(41(30)61)32-17-18-35(57)51-40(32)60/h8,10,13,15-16,23-24,28-29,32H,3,5-7,11-12,14,17-22,25H2,1-2H3,(H,49,59)(H,48,50,52)(H,51,57,60). The minimum Gasteiger partial charge on any atom is -0.495 e. The van der Waals surface area contributed by atoms with Crippen molar-refractivity contribution in [2.24, 2.45) is 0 Å². The molecule has 7 amide bonds. The third kappa shape index (κ3) is 8.68. The molecule has 64 heavy (non-hydrogen) atoms. The number of alkyl halides is 2. The van der Waals surface area contributed by atoms with Crippen LogP contribution in [0.15, 0.2) is 42.6 Å². The van der Waals surface area contributed by atoms with E-state index in [0.717, 1.165) is 22.6 Å². The van der Waals surface area contributed by atoms with Gasteiger partial charge in [0, 0.05) is 62.6 Å². The molecule has 3 fully saturated rings. The summed E-state index contributed by atoms with van der Waals surface area (Å²) in [5.41, 5.74) is 1.57. The van der Waals surface area contributed by atoms with Gasteiger partial charge in [0.25, 0.3) is 23.6 Å². The summed E-state index contributed by atoms with van der Waals surface area (Å²) in [6.07, 6.45) is 6.82. The fraction of sp³-hybridized carbons (Fsp3) is 0.444. The van der Waals surface area contributed by atoms with E-state index >= 15 is 8.78 Å². The van der Waals surface area contributed by atoms with E-state index in [1.54, 1.807) is 35.2 Å². The van der Waals surface area contributed by atoms with Gasteiger partial charge in [-0.15, -0.1) is 0 Å². The predicted octanol–water partition coefficient (Wildman–Crippen LogP) is 3.93. The molecule has 0 spiro atoms. The molecule has 5 heterocycles. The highest BCUT2D eigenvalue weighted by Gasteiger charge is 2.49. The summed E-state index contributed by atoms with van der Waals surface area (Å²) in [6.45, 7) is 0.132. The number of ether oxygens (including phenoxy) is 1. The molecule has 1 aromatic heterocycles. The Morgan fingerprint density at radius 3 is 2.50 bits per heavy atom. The number of aromatic nitrogens is 2. The van der Waals surface area contributed by atoms with Crippen LogP contribution < -0.4 is 30.5 Å². The Hall–Kier alpha value is -6.97. The van der Waals surface area contributed by atoms with Gasteiger partial charge in [-0.3, -0.25) is 43.8 Å². The summed E-state index contributed by atoms with van der Waals surface area (Å²) in [5, 5.41) is 8.32. The number of nitrogens with zero attached hydrogens (tertiary/aromatic N) is 6. The van der Waals surface area contributed by atoms with Crippen LogP contribution in [0.5, 0.6) is 5.75 Å². The molecule has 0 bridgehead atoms. The van der Waals surface area contributed by atoms with Crippen molar-refractivity contribution in [2.75, 3.05) is 48.9 Å². The van der Waals surface area contributed by atoms with Crippen molar-refractivity contribution in [1.29, 1.82) is 0 Å². The average Bonchev–Trinajstić information content (AvgIpc) is 3.90. The van der Waals surface area contributed by atoms with Crippen LogP contribution in [0.2, 0.25) is 0 Å². The first-order valence-corrected chi connectivity index (χ1v) is 21.4. The zero-order valence-electron chi connectivity index (χ0n) is 35.4. The summed E-state index contributed by atoms with van der Waals surface area (Å²) in [7, 11) is 2.74. The molecule has 17 nitrogen and oxygen atoms in total. The van der Waals surface area contributed by atoms with E-state index in [0.29, 0.717) is 74.2 Å². The number of amides is 7. The number of halogens is 2. The Morgan fingerprint density at radius 2 is 1.77 bits per heavy atom. The zero-order chi connectivity index (χ0) is 45.3. The second-order valence-corrected chi connectivity index (χ2v) is 16.5. The van der Waals surface area contributed by atoms with Crippen LogP contribution in [0.3, 0.4) is 0 Å². The highest BCUT2D eigenvalue weighted by Crippen LogP contribution is 2.40. The van der Waals surface area contributed by atoms with Gasteiger partial charge in [-0.05, 0) is 68.9 Å². The molecule has 1 unspecified atom stereocenters. The van der Waals surface area contributed by atoms with Gasteiger partial charge in [0.05, 0.1) is 36.7 Å². The molecule has 334 valence electrons. The lowest BCUT2D eigenvalue weighted by atomic mass is 10.0. The fourth-order valence-electron chi connectivity index (χ4n) is 8.96. The molecule has 0 radical (unpaired) electrons. The molecule has 2 saturated heterocycles. The largest absolute Gasteiger partial charge is 0.495 e. The Morgan fingerprint density at radius 1 is 1.00 bits per heavy atom. The summed E-state index contributed by atoms with van der Waals surface area (Å²) >= 11 is 0. The SMILES string of the molecule is COc1cc(C(=O)NC2CCN(C(=O)CCCC#Cc3cccc4c3C(=O)N(C3CCC(=O)NC3=O)C4=O)CC2)ccc1Nc1ncc2c(n1)N(C1CCCC1)CC(F)(F)C(=O)N2C. The number of anilines is 4. The molecule has 1 atom stereocenters. The van der Waals surface area contributed by atoms with Crippen molar-refractivity contribution in [2.45, 2.75) is 94.7 Å². The Bertz CT molecular complexity index is 2490. The van der Waals surface area contributed by atoms with Gasteiger partial charge in [0.15, 0.2) is 5.82 Å². The van der Waals surface area contributed by atoms with Crippen LogP contribution in [-0.4, -0.2) is 119 Å². The number of piperidine rings is 2. The molecule has 2 aromatic carbocycles. The first-order chi connectivity index (χ1) is 30.7. The monoisotopic (exact) mass is 879 g/mol. The van der Waals surface area contributed by atoms with E-state index in [4.69, 9.17) is 4.74 Å². The summed E-state index contributed by atoms with van der Waals surface area (Å²) in [4.78, 5) is 104. The lowest BCUT2D eigenvalue weighted by Crippen LogP contribution is -2.54. The van der Waals surface area contributed by atoms with E-state index in [1.807, 2.05) is 0 Å². The van der Waals surface area contributed by atoms with Crippen molar-refractivity contribution in [1.82, 2.24) is 30.4 Å². The molecule has 1 aliphatic carbocycles. The second kappa shape index (κ2) is 18.0. The highest BCUT2D eigenvalue weighted by molar-refractivity contribution is 6.24. The molecule has 1 saturated carbocycles. The van der Waals surface area contributed by atoms with Gasteiger partial charge in [0.1, 0.15) is 17.5 Å². The fourth-order valence-corrected chi connectivity index (χ4v) is 8.96. The summed E-state index contributed by atoms with van der Waals surface area (Å²) in [6, 6.07) is 8.13. The lowest BCUT2D eigenvalue weighted by Gasteiger charge is -2.32. The molecule has 19 heteroatoms. The molecule has 4 aliphatic heterocycles. The number of imide groups is 2. The van der Waals surface area contributed by atoms with Gasteiger partial charge in [-0.2, -0.15) is 13.8 Å². The smallest absolute Gasteiger partial charge is 0.342 e. The minimum absolute atomic E-state index is 0.0220. The maximum absolute atomic E-state index is 15.0. The second-order valence-electron chi connectivity index (χ2n) is 16.5. The number of rotatable bonds is 10. The Labute approximate surface area is 367 Å². The third-order valence-corrected chi connectivity index (χ3v) is 12.4. The number of likely N-dealkylation sites (tertiary alicyclic amines) is 1. The molecule has 8 rings (SSSR count). The summed E-state index contributed by atoms with van der Waals surface area (Å²) < 4.78 is 35.7. The van der Waals surface area contributed by atoms with Gasteiger partial charge in [-0.25, -0.2) is 4.98 Å². The first kappa shape index (κ1) is 43.7. The Kier molecular flexibility index (Phi) is 12.3. The van der Waals surface area contributed by atoms with Gasteiger partial charge in [-0.1, -0.05) is 30.7 Å². The quantitative estimate of drug-likeness (QED) is 0.151. The van der Waals surface area contributed by atoms with Crippen LogP contribution in [0, 0.1) is 11.8 Å². The number of nitrogens with one attached hydrogen (secondary N) is 3. The van der Waals surface area contributed by atoms with E-state index < -0.39 is 48.0 Å². The van der Waals surface area contributed by atoms with Crippen LogP contribution in [0.25, 0.3) is 0 Å². The average molecular weight is 880 g/mol. The van der Waals surface area contributed by atoms with Crippen molar-refractivity contribution in [3.63, 3.8) is 0 Å². The highest BCUT2D eigenvalue weighted by atomic mass is 19.3. The van der Waals surface area contributed by atoms with Crippen molar-refractivity contribution in [3.8, 4) is 17.6 Å². The van der Waals surface area contributed by atoms with Gasteiger partial charge < -0.3 is 30.1 Å². The minimum atomic E-state index is -3.60. The Balaban J connectivity index is 0.821. The van der Waals surface area contributed by atoms with Crippen LogP contribution in [-0.2, 0) is 19.2 Å². The number of fused-ring (bicyclic) bond motifs is 2. The van der Waals surface area contributed by atoms with Crippen molar-refractivity contribution < 1.29 is 47.1 Å². The molecule has 3 aromatic rings. The van der Waals surface area contributed by atoms with E-state index in [9.17, 15) is 33.6 Å². The topological polar surface area (TPSA) is 204 Å². The normalized spacial score (nSPS) is 20.0. The van der Waals surface area contributed by atoms with Crippen LogP contribution >= 0.6 is 0 Å². The molecule has 5 aliphatic rings. The zero-order valence-corrected chi connectivity index (χ0v) is 35.4. The van der Waals surface area contributed by atoms with Gasteiger partial charge >= 0.3 is 5.92 Å².